The maximum absolute atomic E-state index is 12.8. The van der Waals surface area contributed by atoms with E-state index in [0.717, 1.165) is 24.6 Å². The number of pyridine rings is 1. The zero-order chi connectivity index (χ0) is 21.3. The van der Waals surface area contributed by atoms with E-state index in [2.05, 4.69) is 21.9 Å². The number of aromatic nitrogens is 1. The average Bonchev–Trinajstić information content (AvgIpc) is 2.73. The molecule has 1 unspecified atom stereocenters. The van der Waals surface area contributed by atoms with E-state index in [0.29, 0.717) is 35.3 Å². The predicted molar refractivity (Wildman–Crippen MR) is 115 cm³/mol. The molecule has 2 N–H and O–H groups in total. The first-order valence-corrected chi connectivity index (χ1v) is 12.0. The Balaban J connectivity index is 1.52. The molecule has 1 saturated heterocycles. The van der Waals surface area contributed by atoms with Crippen molar-refractivity contribution in [3.63, 3.8) is 0 Å². The summed E-state index contributed by atoms with van der Waals surface area (Å²) in [5, 5.41) is 1.84. The van der Waals surface area contributed by atoms with Crippen molar-refractivity contribution in [3.8, 4) is 0 Å². The molecule has 30 heavy (non-hydrogen) atoms. The molecule has 158 valence electrons. The van der Waals surface area contributed by atoms with Gasteiger partial charge in [-0.1, -0.05) is 6.92 Å². The summed E-state index contributed by atoms with van der Waals surface area (Å²) in [5.74, 6) is -0.0286. The molecule has 0 spiro atoms. The van der Waals surface area contributed by atoms with Crippen LogP contribution in [0.2, 0.25) is 0 Å². The van der Waals surface area contributed by atoms with Gasteiger partial charge < -0.3 is 10.2 Å². The number of nitrogens with one attached hydrogen (secondary N) is 2. The van der Waals surface area contributed by atoms with E-state index in [1.165, 1.54) is 18.3 Å². The first-order chi connectivity index (χ1) is 14.3. The average molecular weight is 447 g/mol. The maximum Gasteiger partial charge on any atom is 0.262 e. The van der Waals surface area contributed by atoms with Crippen LogP contribution < -0.4 is 10.0 Å². The fraction of sp³-hybridized carbons (Fsp3) is 0.350. The largest absolute Gasteiger partial charge is 0.341 e. The van der Waals surface area contributed by atoms with Crippen LogP contribution in [-0.4, -0.2) is 48.5 Å². The Morgan fingerprint density at radius 1 is 1.27 bits per heavy atom. The number of nitrogens with zero attached hydrogens (tertiary/aromatic N) is 2. The lowest BCUT2D eigenvalue weighted by atomic mass is 9.99. The summed E-state index contributed by atoms with van der Waals surface area (Å²) in [4.78, 5) is 31.8. The normalized spacial score (nSPS) is 19.7. The minimum Gasteiger partial charge on any atom is -0.341 e. The van der Waals surface area contributed by atoms with Gasteiger partial charge in [-0.05, 0) is 49.1 Å². The van der Waals surface area contributed by atoms with E-state index in [1.807, 2.05) is 0 Å². The van der Waals surface area contributed by atoms with Crippen molar-refractivity contribution in [2.45, 2.75) is 34.8 Å². The third-order valence-corrected chi connectivity index (χ3v) is 7.88. The molecule has 0 radical (unpaired) electrons. The number of piperidine rings is 1. The summed E-state index contributed by atoms with van der Waals surface area (Å²) in [6.07, 6.45) is 4.83. The van der Waals surface area contributed by atoms with E-state index < -0.39 is 21.2 Å². The zero-order valence-electron chi connectivity index (χ0n) is 16.4. The van der Waals surface area contributed by atoms with Gasteiger partial charge in [0.25, 0.3) is 10.0 Å². The smallest absolute Gasteiger partial charge is 0.262 e. The quantitative estimate of drug-likeness (QED) is 0.699. The molecule has 1 aromatic heterocycles. The molecule has 8 nitrogen and oxygen atoms in total. The molecule has 1 fully saturated rings. The molecule has 2 aliphatic heterocycles. The standard InChI is InChI=1S/C20H22N4O4S2/c1-13-6-9-24(10-7-13)20(26)18-19(25)22-16-11-15(4-5-17(16)29-18)30(27,28)23-14-3-2-8-21-12-14/h2-5,8,11-13,18,23H,6-7,9-10H2,1H3,(H,22,25). The number of rotatable bonds is 4. The number of anilines is 2. The number of carbonyl (C=O) groups is 2. The van der Waals surface area contributed by atoms with Crippen molar-refractivity contribution in [1.29, 1.82) is 0 Å². The monoisotopic (exact) mass is 446 g/mol. The lowest BCUT2D eigenvalue weighted by Gasteiger charge is -2.33. The van der Waals surface area contributed by atoms with E-state index in [1.54, 1.807) is 29.3 Å². The highest BCUT2D eigenvalue weighted by atomic mass is 32.2. The van der Waals surface area contributed by atoms with Crippen molar-refractivity contribution < 1.29 is 18.0 Å². The van der Waals surface area contributed by atoms with Crippen LogP contribution >= 0.6 is 11.8 Å². The van der Waals surface area contributed by atoms with Gasteiger partial charge in [-0.2, -0.15) is 0 Å². The molecule has 2 aromatic rings. The Bertz CT molecular complexity index is 1070. The SMILES string of the molecule is CC1CCN(C(=O)C2Sc3ccc(S(=O)(=O)Nc4cccnc4)cc3NC2=O)CC1. The fourth-order valence-corrected chi connectivity index (χ4v) is 5.57. The van der Waals surface area contributed by atoms with E-state index in [9.17, 15) is 18.0 Å². The summed E-state index contributed by atoms with van der Waals surface area (Å²) in [7, 11) is -3.84. The summed E-state index contributed by atoms with van der Waals surface area (Å²) in [5.41, 5.74) is 0.727. The minimum absolute atomic E-state index is 0.0146. The molecular formula is C20H22N4O4S2. The molecule has 2 amide bonds. The van der Waals surface area contributed by atoms with Gasteiger partial charge in [0.2, 0.25) is 11.8 Å². The lowest BCUT2D eigenvalue weighted by Crippen LogP contribution is -2.47. The molecule has 1 atom stereocenters. The maximum atomic E-state index is 12.8. The van der Waals surface area contributed by atoms with Crippen LogP contribution in [0.25, 0.3) is 0 Å². The van der Waals surface area contributed by atoms with E-state index in [-0.39, 0.29) is 10.8 Å². The highest BCUT2D eigenvalue weighted by Crippen LogP contribution is 2.38. The lowest BCUT2D eigenvalue weighted by molar-refractivity contribution is -0.135. The van der Waals surface area contributed by atoms with Gasteiger partial charge in [0.05, 0.1) is 22.5 Å². The molecular weight excluding hydrogens is 424 g/mol. The number of fused-ring (bicyclic) bond motifs is 1. The second-order valence-electron chi connectivity index (χ2n) is 7.50. The van der Waals surface area contributed by atoms with Crippen molar-refractivity contribution in [2.24, 2.45) is 5.92 Å². The van der Waals surface area contributed by atoms with Crippen molar-refractivity contribution >= 4 is 45.0 Å². The van der Waals surface area contributed by atoms with Gasteiger partial charge in [0, 0.05) is 24.2 Å². The van der Waals surface area contributed by atoms with Crippen molar-refractivity contribution in [1.82, 2.24) is 9.88 Å². The van der Waals surface area contributed by atoms with Crippen molar-refractivity contribution in [3.05, 3.63) is 42.7 Å². The Morgan fingerprint density at radius 2 is 2.03 bits per heavy atom. The number of hydrogen-bond acceptors (Lipinski definition) is 6. The van der Waals surface area contributed by atoms with Gasteiger partial charge in [-0.25, -0.2) is 8.42 Å². The summed E-state index contributed by atoms with van der Waals surface area (Å²) >= 11 is 1.16. The molecule has 2 aliphatic rings. The molecule has 10 heteroatoms. The molecule has 1 aromatic carbocycles. The number of carbonyl (C=O) groups excluding carboxylic acids is 2. The molecule has 0 aliphatic carbocycles. The third-order valence-electron chi connectivity index (χ3n) is 5.24. The van der Waals surface area contributed by atoms with E-state index in [4.69, 9.17) is 0 Å². The van der Waals surface area contributed by atoms with Crippen LogP contribution in [0.5, 0.6) is 0 Å². The Labute approximate surface area is 179 Å². The van der Waals surface area contributed by atoms with Gasteiger partial charge >= 0.3 is 0 Å². The topological polar surface area (TPSA) is 108 Å². The third kappa shape index (κ3) is 4.29. The van der Waals surface area contributed by atoms with Crippen LogP contribution in [0.15, 0.2) is 52.5 Å². The Morgan fingerprint density at radius 3 is 2.73 bits per heavy atom. The fourth-order valence-electron chi connectivity index (χ4n) is 3.45. The molecule has 0 saturated carbocycles. The Hall–Kier alpha value is -2.59. The number of benzene rings is 1. The first kappa shape index (κ1) is 20.7. The Kier molecular flexibility index (Phi) is 5.70. The van der Waals surface area contributed by atoms with Gasteiger partial charge in [-0.3, -0.25) is 19.3 Å². The summed E-state index contributed by atoms with van der Waals surface area (Å²) in [6.45, 7) is 3.48. The van der Waals surface area contributed by atoms with Gasteiger partial charge in [-0.15, -0.1) is 11.8 Å². The summed E-state index contributed by atoms with van der Waals surface area (Å²) < 4.78 is 27.8. The highest BCUT2D eigenvalue weighted by Gasteiger charge is 2.37. The minimum atomic E-state index is -3.84. The van der Waals surface area contributed by atoms with E-state index >= 15 is 0 Å². The van der Waals surface area contributed by atoms with Gasteiger partial charge in [0.1, 0.15) is 0 Å². The van der Waals surface area contributed by atoms with Gasteiger partial charge in [0.15, 0.2) is 5.25 Å². The number of hydrogen-bond donors (Lipinski definition) is 2. The number of sulfonamides is 1. The molecule has 3 heterocycles. The second-order valence-corrected chi connectivity index (χ2v) is 10.3. The second kappa shape index (κ2) is 8.27. The zero-order valence-corrected chi connectivity index (χ0v) is 18.0. The first-order valence-electron chi connectivity index (χ1n) is 9.67. The van der Waals surface area contributed by atoms with Crippen LogP contribution in [0.4, 0.5) is 11.4 Å². The van der Waals surface area contributed by atoms with Crippen LogP contribution in [0.3, 0.4) is 0 Å². The molecule has 0 bridgehead atoms. The number of amides is 2. The highest BCUT2D eigenvalue weighted by molar-refractivity contribution is 8.01. The van der Waals surface area contributed by atoms with Crippen LogP contribution in [-0.2, 0) is 19.6 Å². The number of likely N-dealkylation sites (tertiary alicyclic amines) is 1. The predicted octanol–water partition coefficient (Wildman–Crippen LogP) is 2.55. The number of thioether (sulfide) groups is 1. The van der Waals surface area contributed by atoms with Crippen molar-refractivity contribution in [2.75, 3.05) is 23.1 Å². The van der Waals surface area contributed by atoms with Crippen LogP contribution in [0.1, 0.15) is 19.8 Å². The summed E-state index contributed by atoms with van der Waals surface area (Å²) in [6, 6.07) is 7.71. The molecule has 4 rings (SSSR count). The van der Waals surface area contributed by atoms with Crippen LogP contribution in [0, 0.1) is 5.92 Å².